The zero-order valence-electron chi connectivity index (χ0n) is 15.5. The number of hydrogen-bond acceptors (Lipinski definition) is 4. The molecule has 0 fully saturated rings. The maximum atomic E-state index is 12.8. The molecule has 1 heterocycles. The fraction of sp³-hybridized carbons (Fsp3) is 0.190. The van der Waals surface area contributed by atoms with Gasteiger partial charge in [-0.25, -0.2) is 0 Å². The Hall–Kier alpha value is -3.61. The van der Waals surface area contributed by atoms with Gasteiger partial charge in [0.1, 0.15) is 5.75 Å². The number of carbonyl (C=O) groups is 2. The van der Waals surface area contributed by atoms with Crippen molar-refractivity contribution in [3.63, 3.8) is 0 Å². The number of hydrogen-bond donors (Lipinski definition) is 3. The minimum absolute atomic E-state index is 0.376. The second-order valence-corrected chi connectivity index (χ2v) is 6.39. The Balaban J connectivity index is 1.89. The molecule has 0 saturated heterocycles. The number of benzene rings is 2. The van der Waals surface area contributed by atoms with Crippen molar-refractivity contribution >= 4 is 11.9 Å². The summed E-state index contributed by atoms with van der Waals surface area (Å²) in [5, 5.41) is 19.0. The highest BCUT2D eigenvalue weighted by molar-refractivity contribution is 5.96. The lowest BCUT2D eigenvalue weighted by atomic mass is 9.94. The van der Waals surface area contributed by atoms with Crippen LogP contribution in [0.3, 0.4) is 0 Å². The van der Waals surface area contributed by atoms with Crippen LogP contribution in [0.2, 0.25) is 0 Å². The normalized spacial score (nSPS) is 12.8. The largest absolute Gasteiger partial charge is 0.496 e. The van der Waals surface area contributed by atoms with E-state index in [9.17, 15) is 14.7 Å². The third kappa shape index (κ3) is 4.03. The topological polar surface area (TPSA) is 104 Å². The maximum Gasteiger partial charge on any atom is 0.308 e. The molecule has 3 N–H and O–H groups in total. The highest BCUT2D eigenvalue weighted by atomic mass is 16.5. The molecule has 2 aromatic carbocycles. The summed E-state index contributed by atoms with van der Waals surface area (Å²) >= 11 is 0. The summed E-state index contributed by atoms with van der Waals surface area (Å²) in [7, 11) is 1.53. The van der Waals surface area contributed by atoms with E-state index in [0.29, 0.717) is 11.3 Å². The summed E-state index contributed by atoms with van der Waals surface area (Å²) in [5.41, 5.74) is 2.74. The number of nitrogens with zero attached hydrogens (tertiary/aromatic N) is 1. The molecule has 0 spiro atoms. The molecule has 3 rings (SSSR count). The van der Waals surface area contributed by atoms with E-state index in [-0.39, 0.29) is 5.91 Å². The number of H-pyrrole nitrogens is 1. The van der Waals surface area contributed by atoms with Gasteiger partial charge in [-0.2, -0.15) is 5.10 Å². The number of carboxylic acid groups (broad SMARTS) is 1. The summed E-state index contributed by atoms with van der Waals surface area (Å²) < 4.78 is 5.42. The molecule has 0 aliphatic carbocycles. The zero-order valence-corrected chi connectivity index (χ0v) is 15.5. The van der Waals surface area contributed by atoms with Gasteiger partial charge in [0.15, 0.2) is 0 Å². The number of methoxy groups -OCH3 is 1. The molecule has 144 valence electrons. The maximum absolute atomic E-state index is 12.8. The molecule has 0 aliphatic rings. The van der Waals surface area contributed by atoms with Crippen LogP contribution in [0.15, 0.2) is 60.9 Å². The van der Waals surface area contributed by atoms with Crippen molar-refractivity contribution in [3.8, 4) is 16.9 Å². The van der Waals surface area contributed by atoms with Gasteiger partial charge in [0.2, 0.25) is 0 Å². The fourth-order valence-electron chi connectivity index (χ4n) is 2.99. The number of rotatable bonds is 7. The van der Waals surface area contributed by atoms with Gasteiger partial charge in [0, 0.05) is 22.9 Å². The molecule has 28 heavy (non-hydrogen) atoms. The van der Waals surface area contributed by atoms with E-state index in [1.165, 1.54) is 7.11 Å². The molecule has 0 radical (unpaired) electrons. The molecule has 7 nitrogen and oxygen atoms in total. The van der Waals surface area contributed by atoms with Crippen molar-refractivity contribution in [2.24, 2.45) is 5.92 Å². The summed E-state index contributed by atoms with van der Waals surface area (Å²) in [6, 6.07) is 13.5. The molecule has 1 aromatic heterocycles. The third-order valence-electron chi connectivity index (χ3n) is 4.61. The van der Waals surface area contributed by atoms with Crippen LogP contribution in [-0.2, 0) is 4.79 Å². The highest BCUT2D eigenvalue weighted by Crippen LogP contribution is 2.30. The number of nitrogens with one attached hydrogen (secondary N) is 2. The first kappa shape index (κ1) is 19.2. The summed E-state index contributed by atoms with van der Waals surface area (Å²) in [4.78, 5) is 24.4. The lowest BCUT2D eigenvalue weighted by Gasteiger charge is -2.23. The second-order valence-electron chi connectivity index (χ2n) is 6.39. The van der Waals surface area contributed by atoms with E-state index in [2.05, 4.69) is 15.5 Å². The van der Waals surface area contributed by atoms with E-state index in [4.69, 9.17) is 4.74 Å². The van der Waals surface area contributed by atoms with Crippen LogP contribution >= 0.6 is 0 Å². The first-order chi connectivity index (χ1) is 13.5. The van der Waals surface area contributed by atoms with Crippen molar-refractivity contribution < 1.29 is 19.4 Å². The molecule has 7 heteroatoms. The lowest BCUT2D eigenvalue weighted by molar-refractivity contribution is -0.142. The van der Waals surface area contributed by atoms with Gasteiger partial charge >= 0.3 is 5.97 Å². The molecular weight excluding hydrogens is 358 g/mol. The first-order valence-electron chi connectivity index (χ1n) is 8.77. The number of aliphatic carboxylic acids is 1. The van der Waals surface area contributed by atoms with E-state index < -0.39 is 17.9 Å². The molecule has 1 amide bonds. The predicted octanol–water partition coefficient (Wildman–Crippen LogP) is 3.28. The molecule has 1 unspecified atom stereocenters. The van der Waals surface area contributed by atoms with Crippen LogP contribution in [0.25, 0.3) is 11.1 Å². The summed E-state index contributed by atoms with van der Waals surface area (Å²) in [5.74, 6) is -1.63. The highest BCUT2D eigenvalue weighted by Gasteiger charge is 2.27. The molecule has 0 saturated carbocycles. The molecule has 3 aromatic rings. The average molecular weight is 379 g/mol. The van der Waals surface area contributed by atoms with E-state index in [1.54, 1.807) is 49.6 Å². The van der Waals surface area contributed by atoms with Crippen LogP contribution in [-0.4, -0.2) is 34.3 Å². The van der Waals surface area contributed by atoms with Crippen LogP contribution in [0.4, 0.5) is 0 Å². The van der Waals surface area contributed by atoms with Gasteiger partial charge in [-0.05, 0) is 30.7 Å². The zero-order chi connectivity index (χ0) is 20.1. The monoisotopic (exact) mass is 379 g/mol. The Morgan fingerprint density at radius 2 is 1.93 bits per heavy atom. The number of amides is 1. The van der Waals surface area contributed by atoms with Crippen LogP contribution in [0.1, 0.15) is 28.9 Å². The van der Waals surface area contributed by atoms with Gasteiger partial charge in [-0.3, -0.25) is 14.7 Å². The van der Waals surface area contributed by atoms with Gasteiger partial charge < -0.3 is 15.2 Å². The van der Waals surface area contributed by atoms with Gasteiger partial charge in [-0.1, -0.05) is 30.3 Å². The van der Waals surface area contributed by atoms with Gasteiger partial charge in [0.05, 0.1) is 25.3 Å². The number of ether oxygens (including phenoxy) is 1. The summed E-state index contributed by atoms with van der Waals surface area (Å²) in [6.45, 7) is 1.57. The average Bonchev–Trinajstić information content (AvgIpc) is 3.26. The van der Waals surface area contributed by atoms with E-state index in [1.807, 2.05) is 18.2 Å². The Bertz CT molecular complexity index is 955. The van der Waals surface area contributed by atoms with Crippen LogP contribution in [0.5, 0.6) is 5.75 Å². The third-order valence-corrected chi connectivity index (χ3v) is 4.61. The number of aromatic amines is 1. The SMILES string of the molecule is COc1cc(C(=O)N[C@@H](c2ccccc2)C(C)C(=O)O)ccc1-c1cn[nH]c1. The fourth-order valence-corrected chi connectivity index (χ4v) is 2.99. The predicted molar refractivity (Wildman–Crippen MR) is 104 cm³/mol. The minimum Gasteiger partial charge on any atom is -0.496 e. The lowest BCUT2D eigenvalue weighted by Crippen LogP contribution is -2.35. The quantitative estimate of drug-likeness (QED) is 0.584. The Kier molecular flexibility index (Phi) is 5.74. The van der Waals surface area contributed by atoms with Crippen LogP contribution < -0.4 is 10.1 Å². The smallest absolute Gasteiger partial charge is 0.308 e. The minimum atomic E-state index is -0.984. The van der Waals surface area contributed by atoms with Crippen molar-refractivity contribution in [3.05, 3.63) is 72.1 Å². The van der Waals surface area contributed by atoms with Gasteiger partial charge in [-0.15, -0.1) is 0 Å². The van der Waals surface area contributed by atoms with E-state index >= 15 is 0 Å². The number of aromatic nitrogens is 2. The number of carbonyl (C=O) groups excluding carboxylic acids is 1. The Morgan fingerprint density at radius 1 is 1.18 bits per heavy atom. The van der Waals surface area contributed by atoms with Crippen LogP contribution in [0, 0.1) is 5.92 Å². The molecule has 0 bridgehead atoms. The summed E-state index contributed by atoms with van der Waals surface area (Å²) in [6.07, 6.45) is 3.40. The Morgan fingerprint density at radius 3 is 2.54 bits per heavy atom. The van der Waals surface area contributed by atoms with Gasteiger partial charge in [0.25, 0.3) is 5.91 Å². The molecule has 0 aliphatic heterocycles. The molecular formula is C21H21N3O4. The second kappa shape index (κ2) is 8.39. The van der Waals surface area contributed by atoms with Crippen molar-refractivity contribution in [1.82, 2.24) is 15.5 Å². The van der Waals surface area contributed by atoms with Crippen molar-refractivity contribution in [1.29, 1.82) is 0 Å². The Labute approximate surface area is 162 Å². The standard InChI is InChI=1S/C21H21N3O4/c1-13(21(26)27)19(14-6-4-3-5-7-14)24-20(25)15-8-9-17(18(10-15)28-2)16-11-22-23-12-16/h3-13,19H,1-2H3,(H,22,23)(H,24,25)(H,26,27)/t13?,19-/m1/s1. The first-order valence-corrected chi connectivity index (χ1v) is 8.77. The molecule has 2 atom stereocenters. The van der Waals surface area contributed by atoms with Crippen molar-refractivity contribution in [2.75, 3.05) is 7.11 Å². The van der Waals surface area contributed by atoms with E-state index in [0.717, 1.165) is 16.7 Å². The van der Waals surface area contributed by atoms with Crippen molar-refractivity contribution in [2.45, 2.75) is 13.0 Å². The number of carboxylic acids is 1.